The van der Waals surface area contributed by atoms with Gasteiger partial charge in [0.05, 0.1) is 0 Å². The lowest BCUT2D eigenvalue weighted by Crippen LogP contribution is -2.21. The van der Waals surface area contributed by atoms with Crippen LogP contribution in [0.25, 0.3) is 0 Å². The Morgan fingerprint density at radius 2 is 1.38 bits per heavy atom. The summed E-state index contributed by atoms with van der Waals surface area (Å²) in [6, 6.07) is 18.0. The Balaban J connectivity index is 2.13. The van der Waals surface area contributed by atoms with Gasteiger partial charge in [0.1, 0.15) is 0 Å². The van der Waals surface area contributed by atoms with Gasteiger partial charge in [0, 0.05) is 11.8 Å². The van der Waals surface area contributed by atoms with E-state index in [-0.39, 0.29) is 5.41 Å². The van der Waals surface area contributed by atoms with Crippen LogP contribution in [0.5, 0.6) is 0 Å². The molecule has 24 heavy (non-hydrogen) atoms. The molecule has 3 rings (SSSR count). The first kappa shape index (κ1) is 16.8. The maximum Gasteiger partial charge on any atom is 0.0190 e. The summed E-state index contributed by atoms with van der Waals surface area (Å²) in [5.41, 5.74) is 7.18. The van der Waals surface area contributed by atoms with E-state index in [1.165, 1.54) is 27.8 Å². The normalized spacial score (nSPS) is 17.4. The molecule has 1 aliphatic rings. The van der Waals surface area contributed by atoms with Gasteiger partial charge in [-0.1, -0.05) is 104 Å². The number of hydrogen-bond donors (Lipinski definition) is 0. The van der Waals surface area contributed by atoms with Crippen LogP contribution in [0.2, 0.25) is 0 Å². The minimum absolute atomic E-state index is 0.181. The molecule has 0 amide bonds. The van der Waals surface area contributed by atoms with Gasteiger partial charge in [-0.2, -0.15) is 0 Å². The zero-order valence-electron chi connectivity index (χ0n) is 15.5. The van der Waals surface area contributed by atoms with Gasteiger partial charge in [-0.3, -0.25) is 0 Å². The fraction of sp³-hybridized carbons (Fsp3) is 0.333. The first-order chi connectivity index (χ1) is 11.4. The third kappa shape index (κ3) is 3.38. The maximum absolute atomic E-state index is 2.38. The van der Waals surface area contributed by atoms with Crippen LogP contribution in [-0.4, -0.2) is 0 Å². The summed E-state index contributed by atoms with van der Waals surface area (Å²) in [5, 5.41) is 0. The van der Waals surface area contributed by atoms with Crippen molar-refractivity contribution >= 4 is 0 Å². The fourth-order valence-electron chi connectivity index (χ4n) is 3.87. The zero-order valence-corrected chi connectivity index (χ0v) is 15.5. The Morgan fingerprint density at radius 3 is 1.83 bits per heavy atom. The topological polar surface area (TPSA) is 0 Å². The molecule has 0 heterocycles. The van der Waals surface area contributed by atoms with Crippen molar-refractivity contribution in [2.75, 3.05) is 0 Å². The molecule has 0 radical (unpaired) electrons. The standard InChI is InChI=1S/C24H28/c1-17-9-6-11-19(15-17)23(20-12-7-10-18(2)16-20)21-13-8-14-22(21)24(3,4)5/h6-16,21,23H,1-5H3. The lowest BCUT2D eigenvalue weighted by atomic mass is 9.71. The van der Waals surface area contributed by atoms with Gasteiger partial charge in [-0.25, -0.2) is 0 Å². The van der Waals surface area contributed by atoms with Crippen LogP contribution in [0.4, 0.5) is 0 Å². The van der Waals surface area contributed by atoms with Gasteiger partial charge in [-0.05, 0) is 30.4 Å². The van der Waals surface area contributed by atoms with Gasteiger partial charge in [0.2, 0.25) is 0 Å². The average Bonchev–Trinajstić information content (AvgIpc) is 2.97. The third-order valence-electron chi connectivity index (χ3n) is 4.98. The highest BCUT2D eigenvalue weighted by Crippen LogP contribution is 2.45. The summed E-state index contributed by atoms with van der Waals surface area (Å²) in [6.45, 7) is 11.3. The first-order valence-electron chi connectivity index (χ1n) is 8.88. The molecule has 1 atom stereocenters. The van der Waals surface area contributed by atoms with Crippen LogP contribution in [-0.2, 0) is 0 Å². The predicted molar refractivity (Wildman–Crippen MR) is 104 cm³/mol. The van der Waals surface area contributed by atoms with Crippen LogP contribution in [0.3, 0.4) is 0 Å². The lowest BCUT2D eigenvalue weighted by molar-refractivity contribution is 0.439. The highest BCUT2D eigenvalue weighted by atomic mass is 14.4. The first-order valence-corrected chi connectivity index (χ1v) is 8.88. The molecule has 1 unspecified atom stereocenters. The van der Waals surface area contributed by atoms with E-state index in [1.807, 2.05) is 0 Å². The molecule has 0 fully saturated rings. The summed E-state index contributed by atoms with van der Waals surface area (Å²) >= 11 is 0. The molecule has 0 saturated carbocycles. The summed E-state index contributed by atoms with van der Waals surface area (Å²) in [7, 11) is 0. The van der Waals surface area contributed by atoms with Gasteiger partial charge < -0.3 is 0 Å². The monoisotopic (exact) mass is 316 g/mol. The van der Waals surface area contributed by atoms with Crippen LogP contribution in [0, 0.1) is 25.2 Å². The molecule has 0 heteroatoms. The molecule has 0 N–H and O–H groups in total. The van der Waals surface area contributed by atoms with Crippen LogP contribution >= 0.6 is 0 Å². The Bertz CT molecular complexity index is 738. The van der Waals surface area contributed by atoms with Crippen molar-refractivity contribution in [3.05, 3.63) is 94.6 Å². The molecule has 0 spiro atoms. The number of allylic oxidation sites excluding steroid dienone is 4. The van der Waals surface area contributed by atoms with Crippen LogP contribution in [0.1, 0.15) is 48.9 Å². The minimum Gasteiger partial charge on any atom is -0.0764 e. The van der Waals surface area contributed by atoms with Gasteiger partial charge in [0.15, 0.2) is 0 Å². The number of hydrogen-bond acceptors (Lipinski definition) is 0. The third-order valence-corrected chi connectivity index (χ3v) is 4.98. The Kier molecular flexibility index (Phi) is 4.49. The molecule has 2 aromatic carbocycles. The molecule has 0 bridgehead atoms. The summed E-state index contributed by atoms with van der Waals surface area (Å²) < 4.78 is 0. The van der Waals surface area contributed by atoms with E-state index in [0.29, 0.717) is 11.8 Å². The number of rotatable bonds is 3. The molecule has 0 nitrogen and oxygen atoms in total. The van der Waals surface area contributed by atoms with E-state index < -0.39 is 0 Å². The minimum atomic E-state index is 0.181. The predicted octanol–water partition coefficient (Wildman–Crippen LogP) is 6.59. The Morgan fingerprint density at radius 1 is 0.833 bits per heavy atom. The van der Waals surface area contributed by atoms with Gasteiger partial charge in [-0.15, -0.1) is 0 Å². The van der Waals surface area contributed by atoms with E-state index in [2.05, 4.69) is 101 Å². The van der Waals surface area contributed by atoms with E-state index in [0.717, 1.165) is 0 Å². The van der Waals surface area contributed by atoms with E-state index in [9.17, 15) is 0 Å². The SMILES string of the molecule is Cc1cccc(C(c2cccc(C)c2)C2C=CC=C2C(C)(C)C)c1. The zero-order chi connectivity index (χ0) is 17.3. The van der Waals surface area contributed by atoms with Crippen LogP contribution in [0.15, 0.2) is 72.3 Å². The highest BCUT2D eigenvalue weighted by Gasteiger charge is 2.33. The molecule has 124 valence electrons. The average molecular weight is 316 g/mol. The second-order valence-electron chi connectivity index (χ2n) is 8.09. The number of aryl methyl sites for hydroxylation is 2. The second kappa shape index (κ2) is 6.43. The van der Waals surface area contributed by atoms with Crippen molar-refractivity contribution in [2.45, 2.75) is 40.5 Å². The van der Waals surface area contributed by atoms with Gasteiger partial charge in [0.25, 0.3) is 0 Å². The van der Waals surface area contributed by atoms with Gasteiger partial charge >= 0.3 is 0 Å². The van der Waals surface area contributed by atoms with E-state index in [1.54, 1.807) is 0 Å². The molecular weight excluding hydrogens is 288 g/mol. The van der Waals surface area contributed by atoms with Crippen molar-refractivity contribution in [2.24, 2.45) is 11.3 Å². The largest absolute Gasteiger partial charge is 0.0764 e. The highest BCUT2D eigenvalue weighted by molar-refractivity contribution is 5.44. The smallest absolute Gasteiger partial charge is 0.0190 e. The molecular formula is C24H28. The van der Waals surface area contributed by atoms with Crippen LogP contribution < -0.4 is 0 Å². The van der Waals surface area contributed by atoms with E-state index in [4.69, 9.17) is 0 Å². The van der Waals surface area contributed by atoms with Crippen molar-refractivity contribution in [1.82, 2.24) is 0 Å². The molecule has 0 saturated heterocycles. The van der Waals surface area contributed by atoms with Crippen molar-refractivity contribution in [3.8, 4) is 0 Å². The number of benzene rings is 2. The molecule has 0 aliphatic heterocycles. The lowest BCUT2D eigenvalue weighted by Gasteiger charge is -2.33. The molecule has 2 aromatic rings. The van der Waals surface area contributed by atoms with E-state index >= 15 is 0 Å². The molecule has 0 aromatic heterocycles. The Hall–Kier alpha value is -2.08. The quantitative estimate of drug-likeness (QED) is 0.599. The van der Waals surface area contributed by atoms with Crippen molar-refractivity contribution < 1.29 is 0 Å². The summed E-state index contributed by atoms with van der Waals surface area (Å²) in [6.07, 6.45) is 6.95. The summed E-state index contributed by atoms with van der Waals surface area (Å²) in [5.74, 6) is 0.794. The van der Waals surface area contributed by atoms with Crippen molar-refractivity contribution in [3.63, 3.8) is 0 Å². The maximum atomic E-state index is 2.38. The second-order valence-corrected chi connectivity index (χ2v) is 8.09. The Labute approximate surface area is 146 Å². The fourth-order valence-corrected chi connectivity index (χ4v) is 3.87. The molecule has 1 aliphatic carbocycles. The van der Waals surface area contributed by atoms with Crippen molar-refractivity contribution in [1.29, 1.82) is 0 Å². The summed E-state index contributed by atoms with van der Waals surface area (Å²) in [4.78, 5) is 0.